The average Bonchev–Trinajstić information content (AvgIpc) is 2.98. The Morgan fingerprint density at radius 3 is 2.67 bits per heavy atom. The molecule has 1 heterocycles. The van der Waals surface area contributed by atoms with Gasteiger partial charge in [0, 0.05) is 5.92 Å². The SMILES string of the molecule is CC1CCC(c2noc(C3(N)CCCCC3)n2)C1. The second kappa shape index (κ2) is 4.65. The van der Waals surface area contributed by atoms with Gasteiger partial charge in [0.15, 0.2) is 5.82 Å². The molecule has 100 valence electrons. The van der Waals surface area contributed by atoms with Gasteiger partial charge in [0.25, 0.3) is 0 Å². The van der Waals surface area contributed by atoms with Crippen LogP contribution in [0.3, 0.4) is 0 Å². The maximum Gasteiger partial charge on any atom is 0.246 e. The van der Waals surface area contributed by atoms with Crippen LogP contribution in [-0.4, -0.2) is 10.1 Å². The molecule has 2 atom stereocenters. The van der Waals surface area contributed by atoms with Crippen molar-refractivity contribution in [2.45, 2.75) is 69.7 Å². The van der Waals surface area contributed by atoms with Crippen molar-refractivity contribution in [1.82, 2.24) is 10.1 Å². The van der Waals surface area contributed by atoms with Crippen molar-refractivity contribution in [2.75, 3.05) is 0 Å². The highest BCUT2D eigenvalue weighted by Gasteiger charge is 2.36. The van der Waals surface area contributed by atoms with Gasteiger partial charge in [-0.25, -0.2) is 0 Å². The molecule has 0 spiro atoms. The summed E-state index contributed by atoms with van der Waals surface area (Å²) >= 11 is 0. The van der Waals surface area contributed by atoms with E-state index >= 15 is 0 Å². The fourth-order valence-electron chi connectivity index (χ4n) is 3.44. The van der Waals surface area contributed by atoms with Crippen LogP contribution in [0.5, 0.6) is 0 Å². The summed E-state index contributed by atoms with van der Waals surface area (Å²) in [5.74, 6) is 2.85. The monoisotopic (exact) mass is 249 g/mol. The first-order valence-corrected chi connectivity index (χ1v) is 7.30. The second-order valence-electron chi connectivity index (χ2n) is 6.29. The van der Waals surface area contributed by atoms with Crippen LogP contribution in [0.25, 0.3) is 0 Å². The first kappa shape index (κ1) is 12.2. The third-order valence-electron chi connectivity index (χ3n) is 4.67. The van der Waals surface area contributed by atoms with Crippen LogP contribution >= 0.6 is 0 Å². The second-order valence-corrected chi connectivity index (χ2v) is 6.29. The van der Waals surface area contributed by atoms with Gasteiger partial charge in [0.2, 0.25) is 5.89 Å². The Morgan fingerprint density at radius 2 is 2.00 bits per heavy atom. The van der Waals surface area contributed by atoms with Gasteiger partial charge in [-0.1, -0.05) is 31.3 Å². The molecule has 0 aromatic carbocycles. The number of nitrogens with zero attached hydrogens (tertiary/aromatic N) is 2. The van der Waals surface area contributed by atoms with Crippen LogP contribution in [0.2, 0.25) is 0 Å². The van der Waals surface area contributed by atoms with Crippen molar-refractivity contribution in [1.29, 1.82) is 0 Å². The molecule has 0 saturated heterocycles. The topological polar surface area (TPSA) is 64.9 Å². The zero-order valence-electron chi connectivity index (χ0n) is 11.2. The van der Waals surface area contributed by atoms with Crippen molar-refractivity contribution in [3.05, 3.63) is 11.7 Å². The lowest BCUT2D eigenvalue weighted by atomic mass is 9.82. The largest absolute Gasteiger partial charge is 0.337 e. The summed E-state index contributed by atoms with van der Waals surface area (Å²) in [5, 5.41) is 4.19. The van der Waals surface area contributed by atoms with E-state index in [9.17, 15) is 0 Å². The van der Waals surface area contributed by atoms with Gasteiger partial charge in [-0.15, -0.1) is 0 Å². The molecule has 18 heavy (non-hydrogen) atoms. The van der Waals surface area contributed by atoms with E-state index in [1.807, 2.05) is 0 Å². The summed E-state index contributed by atoms with van der Waals surface area (Å²) < 4.78 is 5.47. The van der Waals surface area contributed by atoms with Crippen LogP contribution in [0.4, 0.5) is 0 Å². The third kappa shape index (κ3) is 2.18. The van der Waals surface area contributed by atoms with E-state index in [1.54, 1.807) is 0 Å². The smallest absolute Gasteiger partial charge is 0.246 e. The molecule has 2 fully saturated rings. The van der Waals surface area contributed by atoms with E-state index in [4.69, 9.17) is 10.3 Å². The molecule has 2 unspecified atom stereocenters. The maximum absolute atomic E-state index is 6.42. The molecule has 0 radical (unpaired) electrons. The summed E-state index contributed by atoms with van der Waals surface area (Å²) in [7, 11) is 0. The van der Waals surface area contributed by atoms with E-state index in [0.29, 0.717) is 11.8 Å². The average molecular weight is 249 g/mol. The zero-order valence-corrected chi connectivity index (χ0v) is 11.2. The molecule has 1 aromatic heterocycles. The first-order chi connectivity index (χ1) is 8.67. The predicted molar refractivity (Wildman–Crippen MR) is 69.0 cm³/mol. The summed E-state index contributed by atoms with van der Waals surface area (Å²) in [6, 6.07) is 0. The van der Waals surface area contributed by atoms with Gasteiger partial charge >= 0.3 is 0 Å². The highest BCUT2D eigenvalue weighted by molar-refractivity contribution is 5.07. The molecule has 0 amide bonds. The highest BCUT2D eigenvalue weighted by atomic mass is 16.5. The van der Waals surface area contributed by atoms with Gasteiger partial charge in [0.05, 0.1) is 5.54 Å². The molecular formula is C14H23N3O. The molecule has 1 aromatic rings. The zero-order chi connectivity index (χ0) is 12.6. The van der Waals surface area contributed by atoms with Crippen LogP contribution < -0.4 is 5.73 Å². The van der Waals surface area contributed by atoms with Crippen molar-refractivity contribution < 1.29 is 4.52 Å². The Kier molecular flexibility index (Phi) is 3.14. The predicted octanol–water partition coefficient (Wildman–Crippen LogP) is 3.09. The van der Waals surface area contributed by atoms with Crippen LogP contribution in [0.15, 0.2) is 4.52 Å². The van der Waals surface area contributed by atoms with Crippen molar-refractivity contribution in [3.63, 3.8) is 0 Å². The molecular weight excluding hydrogens is 226 g/mol. The summed E-state index contributed by atoms with van der Waals surface area (Å²) in [6.45, 7) is 2.30. The number of hydrogen-bond donors (Lipinski definition) is 1. The standard InChI is InChI=1S/C14H23N3O/c1-10-5-6-11(9-10)12-16-13(18-17-12)14(15)7-3-2-4-8-14/h10-11H,2-9,15H2,1H3. The summed E-state index contributed by atoms with van der Waals surface area (Å²) in [5.41, 5.74) is 6.07. The van der Waals surface area contributed by atoms with E-state index in [2.05, 4.69) is 17.1 Å². The highest BCUT2D eigenvalue weighted by Crippen LogP contribution is 2.38. The van der Waals surface area contributed by atoms with Gasteiger partial charge in [-0.2, -0.15) is 4.98 Å². The van der Waals surface area contributed by atoms with E-state index in [0.717, 1.165) is 24.6 Å². The third-order valence-corrected chi connectivity index (χ3v) is 4.67. The number of hydrogen-bond acceptors (Lipinski definition) is 4. The number of nitrogens with two attached hydrogens (primary N) is 1. The van der Waals surface area contributed by atoms with Crippen LogP contribution in [0, 0.1) is 5.92 Å². The Morgan fingerprint density at radius 1 is 1.22 bits per heavy atom. The fraction of sp³-hybridized carbons (Fsp3) is 0.857. The fourth-order valence-corrected chi connectivity index (χ4v) is 3.44. The Hall–Kier alpha value is -0.900. The van der Waals surface area contributed by atoms with Crippen molar-refractivity contribution in [2.24, 2.45) is 11.7 Å². The minimum atomic E-state index is -0.353. The van der Waals surface area contributed by atoms with E-state index in [-0.39, 0.29) is 5.54 Å². The van der Waals surface area contributed by atoms with Crippen LogP contribution in [0.1, 0.15) is 75.9 Å². The summed E-state index contributed by atoms with van der Waals surface area (Å²) in [6.07, 6.45) is 9.26. The Labute approximate surface area is 108 Å². The Balaban J connectivity index is 1.76. The van der Waals surface area contributed by atoms with E-state index < -0.39 is 0 Å². The molecule has 2 saturated carbocycles. The molecule has 0 aliphatic heterocycles. The molecule has 3 rings (SSSR count). The lowest BCUT2D eigenvalue weighted by Crippen LogP contribution is -2.39. The molecule has 2 aliphatic rings. The van der Waals surface area contributed by atoms with Gasteiger partial charge in [-0.3, -0.25) is 0 Å². The molecule has 4 nitrogen and oxygen atoms in total. The van der Waals surface area contributed by atoms with Gasteiger partial charge in [0.1, 0.15) is 0 Å². The van der Waals surface area contributed by atoms with Crippen molar-refractivity contribution in [3.8, 4) is 0 Å². The van der Waals surface area contributed by atoms with E-state index in [1.165, 1.54) is 38.5 Å². The number of rotatable bonds is 2. The summed E-state index contributed by atoms with van der Waals surface area (Å²) in [4.78, 5) is 4.62. The number of aromatic nitrogens is 2. The molecule has 4 heteroatoms. The van der Waals surface area contributed by atoms with Crippen LogP contribution in [-0.2, 0) is 5.54 Å². The lowest BCUT2D eigenvalue weighted by Gasteiger charge is -2.29. The minimum absolute atomic E-state index is 0.353. The van der Waals surface area contributed by atoms with Gasteiger partial charge in [-0.05, 0) is 38.0 Å². The first-order valence-electron chi connectivity index (χ1n) is 7.30. The normalized spacial score (nSPS) is 31.7. The molecule has 2 N–H and O–H groups in total. The minimum Gasteiger partial charge on any atom is -0.337 e. The van der Waals surface area contributed by atoms with Gasteiger partial charge < -0.3 is 10.3 Å². The quantitative estimate of drug-likeness (QED) is 0.874. The molecule has 2 aliphatic carbocycles. The Bertz CT molecular complexity index is 409. The lowest BCUT2D eigenvalue weighted by molar-refractivity contribution is 0.219. The maximum atomic E-state index is 6.42. The van der Waals surface area contributed by atoms with Crippen molar-refractivity contribution >= 4 is 0 Å². The molecule has 0 bridgehead atoms.